The van der Waals surface area contributed by atoms with Crippen molar-refractivity contribution in [3.8, 4) is 0 Å². The third-order valence-electron chi connectivity index (χ3n) is 3.68. The molecular formula is C15H29N3O2. The van der Waals surface area contributed by atoms with Crippen LogP contribution in [0.1, 0.15) is 47.0 Å². The normalized spacial score (nSPS) is 21.3. The summed E-state index contributed by atoms with van der Waals surface area (Å²) in [5.41, 5.74) is 0.0955. The molecule has 2 N–H and O–H groups in total. The highest BCUT2D eigenvalue weighted by Crippen LogP contribution is 2.34. The van der Waals surface area contributed by atoms with Gasteiger partial charge in [0.15, 0.2) is 0 Å². The summed E-state index contributed by atoms with van der Waals surface area (Å²) in [6, 6.07) is 0. The molecule has 116 valence electrons. The van der Waals surface area contributed by atoms with Crippen molar-refractivity contribution >= 4 is 11.8 Å². The van der Waals surface area contributed by atoms with Crippen molar-refractivity contribution in [2.24, 2.45) is 5.92 Å². The molecule has 0 bridgehead atoms. The van der Waals surface area contributed by atoms with Gasteiger partial charge in [0.1, 0.15) is 0 Å². The van der Waals surface area contributed by atoms with Gasteiger partial charge in [-0.05, 0) is 46.5 Å². The maximum absolute atomic E-state index is 12.0. The summed E-state index contributed by atoms with van der Waals surface area (Å²) in [7, 11) is 3.37. The first kappa shape index (κ1) is 17.0. The first-order valence-electron chi connectivity index (χ1n) is 7.27. The van der Waals surface area contributed by atoms with Gasteiger partial charge in [-0.1, -0.05) is 0 Å². The standard InChI is InChI=1S/C15H29N3O2/c1-14(2)8-11(9-15(3,4)17-14)7-12(19)16-10-13(20)18(5)6/h11,17H,7-10H2,1-6H3,(H,16,19). The molecular weight excluding hydrogens is 254 g/mol. The van der Waals surface area contributed by atoms with Crippen molar-refractivity contribution in [3.63, 3.8) is 0 Å². The Morgan fingerprint density at radius 2 is 1.65 bits per heavy atom. The Morgan fingerprint density at radius 1 is 1.15 bits per heavy atom. The Balaban J connectivity index is 2.47. The number of amides is 2. The molecule has 1 saturated heterocycles. The minimum Gasteiger partial charge on any atom is -0.347 e. The van der Waals surface area contributed by atoms with Gasteiger partial charge < -0.3 is 15.5 Å². The van der Waals surface area contributed by atoms with Crippen molar-refractivity contribution in [2.75, 3.05) is 20.6 Å². The van der Waals surface area contributed by atoms with E-state index in [9.17, 15) is 9.59 Å². The first-order chi connectivity index (χ1) is 9.01. The van der Waals surface area contributed by atoms with E-state index >= 15 is 0 Å². The molecule has 0 aromatic carbocycles. The van der Waals surface area contributed by atoms with E-state index in [2.05, 4.69) is 38.3 Å². The zero-order valence-electron chi connectivity index (χ0n) is 13.7. The van der Waals surface area contributed by atoms with Crippen molar-refractivity contribution in [2.45, 2.75) is 58.0 Å². The van der Waals surface area contributed by atoms with Gasteiger partial charge in [-0.3, -0.25) is 9.59 Å². The van der Waals surface area contributed by atoms with Gasteiger partial charge in [-0.15, -0.1) is 0 Å². The number of hydrogen-bond acceptors (Lipinski definition) is 3. The van der Waals surface area contributed by atoms with E-state index in [4.69, 9.17) is 0 Å². The highest BCUT2D eigenvalue weighted by atomic mass is 16.2. The number of hydrogen-bond donors (Lipinski definition) is 2. The number of likely N-dealkylation sites (N-methyl/N-ethyl adjacent to an activating group) is 1. The summed E-state index contributed by atoms with van der Waals surface area (Å²) in [6.45, 7) is 8.79. The molecule has 0 spiro atoms. The summed E-state index contributed by atoms with van der Waals surface area (Å²) < 4.78 is 0. The van der Waals surface area contributed by atoms with Crippen LogP contribution in [0.2, 0.25) is 0 Å². The van der Waals surface area contributed by atoms with Crippen molar-refractivity contribution in [3.05, 3.63) is 0 Å². The topological polar surface area (TPSA) is 61.4 Å². The lowest BCUT2D eigenvalue weighted by Gasteiger charge is -2.46. The highest BCUT2D eigenvalue weighted by molar-refractivity contribution is 5.84. The summed E-state index contributed by atoms with van der Waals surface area (Å²) in [5.74, 6) is 0.249. The van der Waals surface area contributed by atoms with Crippen LogP contribution in [0.15, 0.2) is 0 Å². The number of carbonyl (C=O) groups excluding carboxylic acids is 2. The average molecular weight is 283 g/mol. The predicted octanol–water partition coefficient (Wildman–Crippen LogP) is 1.14. The molecule has 1 aliphatic heterocycles. The van der Waals surface area contributed by atoms with Crippen LogP contribution in [0.5, 0.6) is 0 Å². The van der Waals surface area contributed by atoms with E-state index < -0.39 is 0 Å². The minimum atomic E-state index is -0.0793. The van der Waals surface area contributed by atoms with Crippen LogP contribution in [0.3, 0.4) is 0 Å². The summed E-state index contributed by atoms with van der Waals surface area (Å²) in [4.78, 5) is 24.9. The molecule has 0 saturated carbocycles. The fraction of sp³-hybridized carbons (Fsp3) is 0.867. The van der Waals surface area contributed by atoms with Gasteiger partial charge in [0.25, 0.3) is 0 Å². The maximum Gasteiger partial charge on any atom is 0.241 e. The van der Waals surface area contributed by atoms with Gasteiger partial charge >= 0.3 is 0 Å². The van der Waals surface area contributed by atoms with Crippen LogP contribution < -0.4 is 10.6 Å². The summed E-state index contributed by atoms with van der Waals surface area (Å²) >= 11 is 0. The number of rotatable bonds is 4. The second-order valence-corrected chi connectivity index (χ2v) is 7.44. The molecule has 1 fully saturated rings. The summed E-state index contributed by atoms with van der Waals surface area (Å²) in [5, 5.41) is 6.32. The smallest absolute Gasteiger partial charge is 0.241 e. The fourth-order valence-electron chi connectivity index (χ4n) is 3.34. The largest absolute Gasteiger partial charge is 0.347 e. The number of carbonyl (C=O) groups is 2. The monoisotopic (exact) mass is 283 g/mol. The highest BCUT2D eigenvalue weighted by Gasteiger charge is 2.38. The fourth-order valence-corrected chi connectivity index (χ4v) is 3.34. The molecule has 0 atom stereocenters. The first-order valence-corrected chi connectivity index (χ1v) is 7.27. The van der Waals surface area contributed by atoms with E-state index in [1.165, 1.54) is 4.90 Å². The van der Waals surface area contributed by atoms with E-state index in [1.54, 1.807) is 14.1 Å². The Kier molecular flexibility index (Phi) is 5.19. The van der Waals surface area contributed by atoms with Crippen LogP contribution in [0, 0.1) is 5.92 Å². The van der Waals surface area contributed by atoms with E-state index in [-0.39, 0.29) is 29.4 Å². The lowest BCUT2D eigenvalue weighted by Crippen LogP contribution is -2.58. The molecule has 0 radical (unpaired) electrons. The molecule has 1 heterocycles. The van der Waals surface area contributed by atoms with Crippen molar-refractivity contribution in [1.29, 1.82) is 0 Å². The molecule has 5 nitrogen and oxygen atoms in total. The quantitative estimate of drug-likeness (QED) is 0.813. The Labute approximate surface area is 122 Å². The van der Waals surface area contributed by atoms with Crippen LogP contribution in [-0.4, -0.2) is 48.4 Å². The van der Waals surface area contributed by atoms with Crippen LogP contribution in [0.25, 0.3) is 0 Å². The van der Waals surface area contributed by atoms with E-state index in [0.717, 1.165) is 12.8 Å². The molecule has 0 aromatic heterocycles. The third-order valence-corrected chi connectivity index (χ3v) is 3.68. The lowest BCUT2D eigenvalue weighted by atomic mass is 9.74. The van der Waals surface area contributed by atoms with E-state index in [1.807, 2.05) is 0 Å². The molecule has 0 unspecified atom stereocenters. The number of nitrogens with zero attached hydrogens (tertiary/aromatic N) is 1. The SMILES string of the molecule is CN(C)C(=O)CNC(=O)CC1CC(C)(C)NC(C)(C)C1. The van der Waals surface area contributed by atoms with E-state index in [0.29, 0.717) is 12.3 Å². The van der Waals surface area contributed by atoms with Gasteiger partial charge in [0.05, 0.1) is 6.54 Å². The molecule has 5 heteroatoms. The lowest BCUT2D eigenvalue weighted by molar-refractivity contribution is -0.131. The molecule has 0 aromatic rings. The second kappa shape index (κ2) is 6.12. The van der Waals surface area contributed by atoms with Crippen molar-refractivity contribution < 1.29 is 9.59 Å². The van der Waals surface area contributed by atoms with Gasteiger partial charge in [-0.2, -0.15) is 0 Å². The number of nitrogens with one attached hydrogen (secondary N) is 2. The van der Waals surface area contributed by atoms with Crippen LogP contribution >= 0.6 is 0 Å². The minimum absolute atomic E-state index is 0.0290. The zero-order chi connectivity index (χ0) is 15.6. The van der Waals surface area contributed by atoms with Crippen LogP contribution in [-0.2, 0) is 9.59 Å². The van der Waals surface area contributed by atoms with Gasteiger partial charge in [-0.25, -0.2) is 0 Å². The van der Waals surface area contributed by atoms with Gasteiger partial charge in [0.2, 0.25) is 11.8 Å². The second-order valence-electron chi connectivity index (χ2n) is 7.44. The van der Waals surface area contributed by atoms with Gasteiger partial charge in [0, 0.05) is 31.6 Å². The average Bonchev–Trinajstić information content (AvgIpc) is 2.20. The van der Waals surface area contributed by atoms with Crippen LogP contribution in [0.4, 0.5) is 0 Å². The van der Waals surface area contributed by atoms with Crippen molar-refractivity contribution in [1.82, 2.24) is 15.5 Å². The Morgan fingerprint density at radius 3 is 2.10 bits per heavy atom. The maximum atomic E-state index is 12.0. The number of piperidine rings is 1. The Bertz CT molecular complexity index is 359. The summed E-state index contributed by atoms with van der Waals surface area (Å²) in [6.07, 6.45) is 2.45. The molecule has 1 aliphatic rings. The zero-order valence-corrected chi connectivity index (χ0v) is 13.7. The molecule has 20 heavy (non-hydrogen) atoms. The Hall–Kier alpha value is -1.10. The molecule has 0 aliphatic carbocycles. The molecule has 1 rings (SSSR count). The third kappa shape index (κ3) is 5.49. The molecule has 2 amide bonds. The predicted molar refractivity (Wildman–Crippen MR) is 80.3 cm³/mol.